The molecule has 3 heterocycles. The number of methoxy groups -OCH3 is 1. The van der Waals surface area contributed by atoms with Crippen LogP contribution in [0.4, 0.5) is 0 Å². The van der Waals surface area contributed by atoms with E-state index in [0.29, 0.717) is 12.5 Å². The second-order valence-corrected chi connectivity index (χ2v) is 8.85. The molecular formula is C28H28N4O2. The highest BCUT2D eigenvalue weighted by Gasteiger charge is 2.18. The van der Waals surface area contributed by atoms with E-state index in [0.717, 1.165) is 61.4 Å². The van der Waals surface area contributed by atoms with Gasteiger partial charge in [0.25, 0.3) is 0 Å². The average molecular weight is 453 g/mol. The molecule has 0 aliphatic carbocycles. The van der Waals surface area contributed by atoms with Gasteiger partial charge < -0.3 is 14.4 Å². The molecule has 5 rings (SSSR count). The first-order valence-corrected chi connectivity index (χ1v) is 11.3. The number of aromatic nitrogens is 3. The number of benzene rings is 2. The molecule has 0 amide bonds. The van der Waals surface area contributed by atoms with Crippen molar-refractivity contribution in [1.82, 2.24) is 19.9 Å². The fraction of sp³-hybridized carbons (Fsp3) is 0.250. The largest absolute Gasteiger partial charge is 0.496 e. The quantitative estimate of drug-likeness (QED) is 0.314. The van der Waals surface area contributed by atoms with Gasteiger partial charge in [0.05, 0.1) is 18.0 Å². The lowest BCUT2D eigenvalue weighted by Gasteiger charge is -2.17. The minimum atomic E-state index is 0.541. The number of fused-ring (bicyclic) bond motifs is 5. The number of nitrogens with zero attached hydrogens (tertiary/aromatic N) is 4. The summed E-state index contributed by atoms with van der Waals surface area (Å²) in [7, 11) is 5.77. The molecule has 2 aromatic carbocycles. The van der Waals surface area contributed by atoms with E-state index in [1.165, 1.54) is 5.56 Å². The lowest BCUT2D eigenvalue weighted by atomic mass is 9.92. The van der Waals surface area contributed by atoms with Gasteiger partial charge in [-0.3, -0.25) is 9.97 Å². The zero-order chi connectivity index (χ0) is 23.8. The normalized spacial score (nSPS) is 11.6. The van der Waals surface area contributed by atoms with Crippen LogP contribution in [0.2, 0.25) is 0 Å². The van der Waals surface area contributed by atoms with Crippen molar-refractivity contribution in [3.05, 3.63) is 66.2 Å². The second-order valence-electron chi connectivity index (χ2n) is 8.85. The number of ether oxygens (including phenoxy) is 2. The van der Waals surface area contributed by atoms with Gasteiger partial charge in [0.2, 0.25) is 5.88 Å². The maximum atomic E-state index is 6.17. The maximum absolute atomic E-state index is 6.17. The van der Waals surface area contributed by atoms with Crippen LogP contribution >= 0.6 is 0 Å². The van der Waals surface area contributed by atoms with E-state index in [1.54, 1.807) is 7.11 Å². The van der Waals surface area contributed by atoms with Gasteiger partial charge in [-0.05, 0) is 79.8 Å². The topological polar surface area (TPSA) is 60.4 Å². The second kappa shape index (κ2) is 8.88. The fourth-order valence-electron chi connectivity index (χ4n) is 4.41. The van der Waals surface area contributed by atoms with Gasteiger partial charge in [0, 0.05) is 47.5 Å². The number of rotatable bonds is 6. The van der Waals surface area contributed by atoms with Crippen molar-refractivity contribution >= 4 is 32.4 Å². The van der Waals surface area contributed by atoms with Gasteiger partial charge in [-0.25, -0.2) is 4.98 Å². The molecule has 3 aromatic heterocycles. The van der Waals surface area contributed by atoms with Gasteiger partial charge in [0.1, 0.15) is 12.4 Å². The molecule has 0 saturated carbocycles. The van der Waals surface area contributed by atoms with Crippen molar-refractivity contribution in [3.8, 4) is 22.8 Å². The molecule has 6 heteroatoms. The molecular weight excluding hydrogens is 424 g/mol. The summed E-state index contributed by atoms with van der Waals surface area (Å²) in [4.78, 5) is 15.9. The SMILES string of the molecule is COc1cc(-c2cc3ccncc3c3nc(OCCN(C)C)c4cnccc4c23)cc(C)c1C. The van der Waals surface area contributed by atoms with Crippen molar-refractivity contribution in [2.75, 3.05) is 34.4 Å². The van der Waals surface area contributed by atoms with E-state index < -0.39 is 0 Å². The number of aryl methyl sites for hydroxylation is 1. The first-order chi connectivity index (χ1) is 16.5. The Hall–Kier alpha value is -3.77. The maximum Gasteiger partial charge on any atom is 0.223 e. The van der Waals surface area contributed by atoms with Crippen LogP contribution in [0.15, 0.2) is 55.1 Å². The number of hydrogen-bond acceptors (Lipinski definition) is 6. The predicted octanol–water partition coefficient (Wildman–Crippen LogP) is 5.56. The molecule has 0 aliphatic heterocycles. The molecule has 172 valence electrons. The molecule has 0 aliphatic rings. The van der Waals surface area contributed by atoms with Crippen molar-refractivity contribution in [1.29, 1.82) is 0 Å². The summed E-state index contributed by atoms with van der Waals surface area (Å²) < 4.78 is 11.9. The summed E-state index contributed by atoms with van der Waals surface area (Å²) in [6.07, 6.45) is 7.36. The minimum Gasteiger partial charge on any atom is -0.496 e. The Morgan fingerprint density at radius 1 is 0.912 bits per heavy atom. The van der Waals surface area contributed by atoms with Crippen molar-refractivity contribution in [2.24, 2.45) is 0 Å². The number of hydrogen-bond donors (Lipinski definition) is 0. The lowest BCUT2D eigenvalue weighted by molar-refractivity contribution is 0.257. The first kappa shape index (κ1) is 22.0. The molecule has 0 bridgehead atoms. The van der Waals surface area contributed by atoms with Crippen LogP contribution in [0, 0.1) is 13.8 Å². The summed E-state index contributed by atoms with van der Waals surface area (Å²) in [5.74, 6) is 1.47. The van der Waals surface area contributed by atoms with E-state index >= 15 is 0 Å². The summed E-state index contributed by atoms with van der Waals surface area (Å²) in [5.41, 5.74) is 5.38. The van der Waals surface area contributed by atoms with Crippen LogP contribution in [0.5, 0.6) is 11.6 Å². The molecule has 0 radical (unpaired) electrons. The molecule has 0 spiro atoms. The van der Waals surface area contributed by atoms with Gasteiger partial charge in [-0.15, -0.1) is 0 Å². The summed E-state index contributed by atoms with van der Waals surface area (Å²) in [5, 5.41) is 5.08. The smallest absolute Gasteiger partial charge is 0.223 e. The molecule has 0 fully saturated rings. The van der Waals surface area contributed by atoms with E-state index in [-0.39, 0.29) is 0 Å². The lowest BCUT2D eigenvalue weighted by Crippen LogP contribution is -2.19. The number of likely N-dealkylation sites (N-methyl/N-ethyl adjacent to an activating group) is 1. The van der Waals surface area contributed by atoms with Crippen LogP contribution in [-0.4, -0.2) is 54.2 Å². The molecule has 6 nitrogen and oxygen atoms in total. The Labute approximate surface area is 199 Å². The molecule has 34 heavy (non-hydrogen) atoms. The molecule has 0 unspecified atom stereocenters. The van der Waals surface area contributed by atoms with Gasteiger partial charge in [0.15, 0.2) is 0 Å². The molecule has 0 N–H and O–H groups in total. The Bertz CT molecular complexity index is 1530. The third-order valence-electron chi connectivity index (χ3n) is 6.38. The van der Waals surface area contributed by atoms with Gasteiger partial charge >= 0.3 is 0 Å². The highest BCUT2D eigenvalue weighted by molar-refractivity contribution is 6.21. The Morgan fingerprint density at radius 3 is 2.44 bits per heavy atom. The standard InChI is InChI=1S/C28H28N4O2/c1-17-12-20(14-25(33-5)18(17)2)22-13-19-6-8-29-15-23(19)27-26(22)21-7-9-30-16-24(21)28(31-27)34-11-10-32(3)4/h6-9,12-16H,10-11H2,1-5H3. The Kier molecular flexibility index (Phi) is 5.75. The minimum absolute atomic E-state index is 0.541. The zero-order valence-corrected chi connectivity index (χ0v) is 20.2. The van der Waals surface area contributed by atoms with Crippen LogP contribution in [-0.2, 0) is 0 Å². The zero-order valence-electron chi connectivity index (χ0n) is 20.2. The predicted molar refractivity (Wildman–Crippen MR) is 138 cm³/mol. The first-order valence-electron chi connectivity index (χ1n) is 11.3. The summed E-state index contributed by atoms with van der Waals surface area (Å²) >= 11 is 0. The highest BCUT2D eigenvalue weighted by atomic mass is 16.5. The monoisotopic (exact) mass is 452 g/mol. The van der Waals surface area contributed by atoms with Crippen molar-refractivity contribution in [2.45, 2.75) is 13.8 Å². The van der Waals surface area contributed by atoms with Crippen LogP contribution in [0.3, 0.4) is 0 Å². The Balaban J connectivity index is 1.87. The van der Waals surface area contributed by atoms with Gasteiger partial charge in [-0.1, -0.05) is 6.07 Å². The molecule has 5 aromatic rings. The van der Waals surface area contributed by atoms with Crippen LogP contribution in [0.25, 0.3) is 43.6 Å². The average Bonchev–Trinajstić information content (AvgIpc) is 2.84. The third kappa shape index (κ3) is 3.80. The summed E-state index contributed by atoms with van der Waals surface area (Å²) in [6, 6.07) is 10.6. The summed E-state index contributed by atoms with van der Waals surface area (Å²) in [6.45, 7) is 5.54. The van der Waals surface area contributed by atoms with Crippen LogP contribution < -0.4 is 9.47 Å². The molecule has 0 saturated heterocycles. The number of pyridine rings is 3. The van der Waals surface area contributed by atoms with E-state index in [2.05, 4.69) is 46.9 Å². The Morgan fingerprint density at radius 2 is 1.68 bits per heavy atom. The van der Waals surface area contributed by atoms with E-state index in [1.807, 2.05) is 51.0 Å². The van der Waals surface area contributed by atoms with Crippen LogP contribution in [0.1, 0.15) is 11.1 Å². The highest BCUT2D eigenvalue weighted by Crippen LogP contribution is 2.41. The van der Waals surface area contributed by atoms with Crippen molar-refractivity contribution in [3.63, 3.8) is 0 Å². The molecule has 0 atom stereocenters. The third-order valence-corrected chi connectivity index (χ3v) is 6.38. The van der Waals surface area contributed by atoms with E-state index in [9.17, 15) is 0 Å². The van der Waals surface area contributed by atoms with Crippen molar-refractivity contribution < 1.29 is 9.47 Å². The fourth-order valence-corrected chi connectivity index (χ4v) is 4.41. The van der Waals surface area contributed by atoms with Gasteiger partial charge in [-0.2, -0.15) is 0 Å². The van der Waals surface area contributed by atoms with E-state index in [4.69, 9.17) is 14.5 Å².